The van der Waals surface area contributed by atoms with Crippen molar-refractivity contribution in [1.29, 1.82) is 0 Å². The molecule has 0 saturated carbocycles. The minimum Gasteiger partial charge on any atom is -0.337 e. The molecule has 18 heavy (non-hydrogen) atoms. The van der Waals surface area contributed by atoms with Gasteiger partial charge < -0.3 is 9.84 Å². The van der Waals surface area contributed by atoms with Crippen molar-refractivity contribution in [2.45, 2.75) is 39.8 Å². The number of hydrogen-bond donors (Lipinski definition) is 1. The van der Waals surface area contributed by atoms with Gasteiger partial charge in [-0.2, -0.15) is 4.98 Å². The highest BCUT2D eigenvalue weighted by Gasteiger charge is 2.10. The molecule has 0 bridgehead atoms. The summed E-state index contributed by atoms with van der Waals surface area (Å²) in [6.07, 6.45) is 1.88. The highest BCUT2D eigenvalue weighted by molar-refractivity contribution is 4.95. The van der Waals surface area contributed by atoms with E-state index in [0.717, 1.165) is 24.6 Å². The van der Waals surface area contributed by atoms with Gasteiger partial charge in [-0.3, -0.25) is 0 Å². The molecule has 0 aliphatic rings. The maximum atomic E-state index is 5.15. The Balaban J connectivity index is 1.97. The lowest BCUT2D eigenvalue weighted by Gasteiger charge is -1.95. The van der Waals surface area contributed by atoms with Gasteiger partial charge in [0.25, 0.3) is 0 Å². The first-order valence-electron chi connectivity index (χ1n) is 6.11. The average Bonchev–Trinajstić information content (AvgIpc) is 2.96. The summed E-state index contributed by atoms with van der Waals surface area (Å²) in [6.45, 7) is 8.19. The second-order valence-corrected chi connectivity index (χ2v) is 4.39. The van der Waals surface area contributed by atoms with Crippen LogP contribution >= 0.6 is 0 Å². The quantitative estimate of drug-likeness (QED) is 0.821. The van der Waals surface area contributed by atoms with E-state index in [1.807, 2.05) is 20.0 Å². The maximum absolute atomic E-state index is 5.15. The lowest BCUT2D eigenvalue weighted by molar-refractivity contribution is 0.358. The van der Waals surface area contributed by atoms with Gasteiger partial charge in [-0.1, -0.05) is 31.1 Å². The molecule has 0 saturated heterocycles. The van der Waals surface area contributed by atoms with Crippen molar-refractivity contribution < 1.29 is 4.52 Å². The van der Waals surface area contributed by atoms with Crippen molar-refractivity contribution in [2.24, 2.45) is 0 Å². The highest BCUT2D eigenvalue weighted by Crippen LogP contribution is 2.10. The molecule has 0 atom stereocenters. The zero-order valence-electron chi connectivity index (χ0n) is 10.9. The second kappa shape index (κ2) is 5.72. The van der Waals surface area contributed by atoms with Crippen LogP contribution in [0.15, 0.2) is 10.7 Å². The summed E-state index contributed by atoms with van der Waals surface area (Å²) < 4.78 is 6.85. The molecule has 7 nitrogen and oxygen atoms in total. The molecule has 0 radical (unpaired) electrons. The smallest absolute Gasteiger partial charge is 0.248 e. The third-order valence-corrected chi connectivity index (χ3v) is 2.44. The van der Waals surface area contributed by atoms with Crippen LogP contribution in [0.4, 0.5) is 0 Å². The Labute approximate surface area is 106 Å². The molecule has 2 aromatic heterocycles. The summed E-state index contributed by atoms with van der Waals surface area (Å²) in [6, 6.07) is 0. The summed E-state index contributed by atoms with van der Waals surface area (Å²) in [4.78, 5) is 4.29. The Morgan fingerprint density at radius 3 is 2.94 bits per heavy atom. The van der Waals surface area contributed by atoms with E-state index in [9.17, 15) is 0 Å². The van der Waals surface area contributed by atoms with E-state index < -0.39 is 0 Å². The standard InChI is InChI=1S/C11H18N6O/c1-4-12-5-9-6-17(16-14-9)7-10-13-11(8(2)3)15-18-10/h6,8,12H,4-5,7H2,1-3H3. The van der Waals surface area contributed by atoms with Crippen LogP contribution < -0.4 is 5.32 Å². The molecule has 0 aliphatic carbocycles. The van der Waals surface area contributed by atoms with Gasteiger partial charge in [-0.05, 0) is 6.54 Å². The van der Waals surface area contributed by atoms with Crippen LogP contribution in [-0.2, 0) is 13.1 Å². The lowest BCUT2D eigenvalue weighted by atomic mass is 10.2. The van der Waals surface area contributed by atoms with Crippen LogP contribution in [0.5, 0.6) is 0 Å². The Kier molecular flexibility index (Phi) is 4.03. The van der Waals surface area contributed by atoms with Crippen molar-refractivity contribution >= 4 is 0 Å². The summed E-state index contributed by atoms with van der Waals surface area (Å²) in [5.74, 6) is 1.54. The maximum Gasteiger partial charge on any atom is 0.248 e. The van der Waals surface area contributed by atoms with E-state index in [4.69, 9.17) is 4.52 Å². The van der Waals surface area contributed by atoms with E-state index >= 15 is 0 Å². The zero-order valence-corrected chi connectivity index (χ0v) is 10.9. The molecule has 0 amide bonds. The molecule has 0 unspecified atom stereocenters. The van der Waals surface area contributed by atoms with Crippen LogP contribution in [0.2, 0.25) is 0 Å². The van der Waals surface area contributed by atoms with Crippen LogP contribution in [0.3, 0.4) is 0 Å². The van der Waals surface area contributed by atoms with Gasteiger partial charge in [0, 0.05) is 12.5 Å². The van der Waals surface area contributed by atoms with Gasteiger partial charge >= 0.3 is 0 Å². The fourth-order valence-electron chi connectivity index (χ4n) is 1.46. The zero-order chi connectivity index (χ0) is 13.0. The minimum atomic E-state index is 0.266. The van der Waals surface area contributed by atoms with Gasteiger partial charge in [0.1, 0.15) is 6.54 Å². The Morgan fingerprint density at radius 1 is 1.44 bits per heavy atom. The van der Waals surface area contributed by atoms with E-state index in [2.05, 4.69) is 32.7 Å². The van der Waals surface area contributed by atoms with Gasteiger partial charge in [-0.25, -0.2) is 4.68 Å². The third kappa shape index (κ3) is 3.13. The molecule has 0 aliphatic heterocycles. The van der Waals surface area contributed by atoms with Crippen molar-refractivity contribution in [3.8, 4) is 0 Å². The van der Waals surface area contributed by atoms with Crippen LogP contribution in [-0.4, -0.2) is 31.7 Å². The van der Waals surface area contributed by atoms with Gasteiger partial charge in [0.15, 0.2) is 5.82 Å². The molecule has 0 fully saturated rings. The fourth-order valence-corrected chi connectivity index (χ4v) is 1.46. The van der Waals surface area contributed by atoms with Crippen LogP contribution in [0.1, 0.15) is 44.1 Å². The fraction of sp³-hybridized carbons (Fsp3) is 0.636. The number of hydrogen-bond acceptors (Lipinski definition) is 6. The van der Waals surface area contributed by atoms with Crippen molar-refractivity contribution in [3.05, 3.63) is 23.6 Å². The first-order chi connectivity index (χ1) is 8.69. The topological polar surface area (TPSA) is 81.7 Å². The van der Waals surface area contributed by atoms with Crippen molar-refractivity contribution in [2.75, 3.05) is 6.54 Å². The minimum absolute atomic E-state index is 0.266. The lowest BCUT2D eigenvalue weighted by Crippen LogP contribution is -2.11. The second-order valence-electron chi connectivity index (χ2n) is 4.39. The monoisotopic (exact) mass is 250 g/mol. The molecule has 0 spiro atoms. The molecule has 2 rings (SSSR count). The Morgan fingerprint density at radius 2 is 2.28 bits per heavy atom. The van der Waals surface area contributed by atoms with Crippen LogP contribution in [0.25, 0.3) is 0 Å². The summed E-state index contributed by atoms with van der Waals surface area (Å²) in [7, 11) is 0. The van der Waals surface area contributed by atoms with E-state index in [1.54, 1.807) is 4.68 Å². The first-order valence-corrected chi connectivity index (χ1v) is 6.11. The molecule has 7 heteroatoms. The van der Waals surface area contributed by atoms with Gasteiger partial charge in [-0.15, -0.1) is 5.10 Å². The summed E-state index contributed by atoms with van der Waals surface area (Å²) in [5, 5.41) is 15.2. The van der Waals surface area contributed by atoms with E-state index in [0.29, 0.717) is 12.4 Å². The SMILES string of the molecule is CCNCc1cn(Cc2nc(C(C)C)no2)nn1. The highest BCUT2D eigenvalue weighted by atomic mass is 16.5. The van der Waals surface area contributed by atoms with Crippen molar-refractivity contribution in [3.63, 3.8) is 0 Å². The predicted octanol–water partition coefficient (Wildman–Crippen LogP) is 0.942. The summed E-state index contributed by atoms with van der Waals surface area (Å²) in [5.41, 5.74) is 0.903. The molecule has 2 heterocycles. The number of nitrogens with zero attached hydrogens (tertiary/aromatic N) is 5. The van der Waals surface area contributed by atoms with Gasteiger partial charge in [0.05, 0.1) is 11.9 Å². The van der Waals surface area contributed by atoms with E-state index in [-0.39, 0.29) is 5.92 Å². The molecule has 0 aromatic carbocycles. The molecule has 2 aromatic rings. The Bertz CT molecular complexity index is 489. The van der Waals surface area contributed by atoms with Gasteiger partial charge in [0.2, 0.25) is 5.89 Å². The average molecular weight is 250 g/mol. The third-order valence-electron chi connectivity index (χ3n) is 2.44. The molecular formula is C11H18N6O. The van der Waals surface area contributed by atoms with E-state index in [1.165, 1.54) is 0 Å². The predicted molar refractivity (Wildman–Crippen MR) is 64.9 cm³/mol. The molecule has 98 valence electrons. The number of nitrogens with one attached hydrogen (secondary N) is 1. The summed E-state index contributed by atoms with van der Waals surface area (Å²) >= 11 is 0. The van der Waals surface area contributed by atoms with Crippen molar-refractivity contribution in [1.82, 2.24) is 30.5 Å². The number of aromatic nitrogens is 5. The number of rotatable bonds is 6. The largest absolute Gasteiger partial charge is 0.337 e. The first kappa shape index (κ1) is 12.7. The molecular weight excluding hydrogens is 232 g/mol. The normalized spacial score (nSPS) is 11.3. The molecule has 1 N–H and O–H groups in total. The Hall–Kier alpha value is -1.76. The van der Waals surface area contributed by atoms with Crippen LogP contribution in [0, 0.1) is 0 Å².